The summed E-state index contributed by atoms with van der Waals surface area (Å²) in [4.78, 5) is 14.3. The third-order valence-electron chi connectivity index (χ3n) is 4.50. The summed E-state index contributed by atoms with van der Waals surface area (Å²) in [6.45, 7) is 0. The fourth-order valence-corrected chi connectivity index (χ4v) is 3.19. The SMILES string of the molecule is CN(C(=O)CCc1ccc(F)cc1)C1CCc2ccccc21. The van der Waals surface area contributed by atoms with Crippen molar-refractivity contribution in [2.75, 3.05) is 7.05 Å². The summed E-state index contributed by atoms with van der Waals surface area (Å²) in [7, 11) is 1.89. The average molecular weight is 297 g/mol. The summed E-state index contributed by atoms with van der Waals surface area (Å²) in [5.41, 5.74) is 3.63. The van der Waals surface area contributed by atoms with E-state index in [-0.39, 0.29) is 17.8 Å². The second kappa shape index (κ2) is 6.30. The van der Waals surface area contributed by atoms with Gasteiger partial charge in [-0.25, -0.2) is 4.39 Å². The first-order chi connectivity index (χ1) is 10.6. The van der Waals surface area contributed by atoms with Crippen LogP contribution in [0.25, 0.3) is 0 Å². The maximum absolute atomic E-state index is 12.9. The van der Waals surface area contributed by atoms with Crippen LogP contribution in [0.1, 0.15) is 35.6 Å². The molecule has 2 aromatic carbocycles. The average Bonchev–Trinajstić information content (AvgIpc) is 2.97. The van der Waals surface area contributed by atoms with Gasteiger partial charge in [0.15, 0.2) is 0 Å². The molecule has 0 heterocycles. The van der Waals surface area contributed by atoms with E-state index < -0.39 is 0 Å². The van der Waals surface area contributed by atoms with Crippen LogP contribution in [0.4, 0.5) is 4.39 Å². The molecule has 0 aromatic heterocycles. The quantitative estimate of drug-likeness (QED) is 0.838. The van der Waals surface area contributed by atoms with Crippen LogP contribution in [0.15, 0.2) is 48.5 Å². The lowest BCUT2D eigenvalue weighted by Crippen LogP contribution is -2.30. The standard InChI is InChI=1S/C19H20FNO/c1-21(18-12-9-15-4-2-3-5-17(15)18)19(22)13-8-14-6-10-16(20)11-7-14/h2-7,10-11,18H,8-9,12-13H2,1H3. The monoisotopic (exact) mass is 297 g/mol. The van der Waals surface area contributed by atoms with Gasteiger partial charge in [-0.05, 0) is 48.1 Å². The summed E-state index contributed by atoms with van der Waals surface area (Å²) in [6.07, 6.45) is 3.15. The Morgan fingerprint density at radius 3 is 2.68 bits per heavy atom. The first kappa shape index (κ1) is 14.8. The zero-order valence-electron chi connectivity index (χ0n) is 12.8. The molecule has 0 bridgehead atoms. The van der Waals surface area contributed by atoms with Gasteiger partial charge in [0.05, 0.1) is 6.04 Å². The fourth-order valence-electron chi connectivity index (χ4n) is 3.19. The van der Waals surface area contributed by atoms with Crippen molar-refractivity contribution in [2.45, 2.75) is 31.7 Å². The van der Waals surface area contributed by atoms with Crippen molar-refractivity contribution >= 4 is 5.91 Å². The highest BCUT2D eigenvalue weighted by molar-refractivity contribution is 5.77. The van der Waals surface area contributed by atoms with E-state index in [2.05, 4.69) is 18.2 Å². The van der Waals surface area contributed by atoms with Crippen LogP contribution in [0.3, 0.4) is 0 Å². The Labute approximate surface area is 130 Å². The number of hydrogen-bond donors (Lipinski definition) is 0. The lowest BCUT2D eigenvalue weighted by atomic mass is 10.1. The molecule has 1 amide bonds. The number of carbonyl (C=O) groups is 1. The van der Waals surface area contributed by atoms with E-state index in [9.17, 15) is 9.18 Å². The number of hydrogen-bond acceptors (Lipinski definition) is 1. The van der Waals surface area contributed by atoms with Gasteiger partial charge in [0.25, 0.3) is 0 Å². The van der Waals surface area contributed by atoms with E-state index in [1.807, 2.05) is 18.0 Å². The van der Waals surface area contributed by atoms with E-state index >= 15 is 0 Å². The van der Waals surface area contributed by atoms with Gasteiger partial charge in [0.2, 0.25) is 5.91 Å². The molecule has 2 aromatic rings. The Kier molecular flexibility index (Phi) is 4.23. The number of benzene rings is 2. The normalized spacial score (nSPS) is 16.4. The van der Waals surface area contributed by atoms with Gasteiger partial charge in [-0.2, -0.15) is 0 Å². The Balaban J connectivity index is 1.62. The van der Waals surface area contributed by atoms with Crippen molar-refractivity contribution in [3.8, 4) is 0 Å². The molecule has 0 saturated carbocycles. The van der Waals surface area contributed by atoms with Gasteiger partial charge in [-0.3, -0.25) is 4.79 Å². The van der Waals surface area contributed by atoms with E-state index in [4.69, 9.17) is 0 Å². The van der Waals surface area contributed by atoms with Crippen LogP contribution in [-0.2, 0) is 17.6 Å². The number of fused-ring (bicyclic) bond motifs is 1. The molecule has 0 fully saturated rings. The van der Waals surface area contributed by atoms with Crippen molar-refractivity contribution < 1.29 is 9.18 Å². The van der Waals surface area contributed by atoms with Crippen LogP contribution in [0, 0.1) is 5.82 Å². The van der Waals surface area contributed by atoms with Crippen LogP contribution >= 0.6 is 0 Å². The van der Waals surface area contributed by atoms with Gasteiger partial charge in [-0.1, -0.05) is 36.4 Å². The molecule has 1 unspecified atom stereocenters. The smallest absolute Gasteiger partial charge is 0.223 e. The van der Waals surface area contributed by atoms with Gasteiger partial charge in [0.1, 0.15) is 5.82 Å². The molecule has 0 N–H and O–H groups in total. The fraction of sp³-hybridized carbons (Fsp3) is 0.316. The van der Waals surface area contributed by atoms with E-state index in [1.165, 1.54) is 23.3 Å². The number of halogens is 1. The number of carbonyl (C=O) groups excluding carboxylic acids is 1. The van der Waals surface area contributed by atoms with Crippen LogP contribution in [0.5, 0.6) is 0 Å². The second-order valence-corrected chi connectivity index (χ2v) is 5.88. The second-order valence-electron chi connectivity index (χ2n) is 5.88. The molecule has 0 saturated heterocycles. The van der Waals surface area contributed by atoms with E-state index in [0.717, 1.165) is 18.4 Å². The molecular weight excluding hydrogens is 277 g/mol. The molecule has 3 heteroatoms. The lowest BCUT2D eigenvalue weighted by Gasteiger charge is -2.25. The minimum atomic E-state index is -0.241. The summed E-state index contributed by atoms with van der Waals surface area (Å²) in [6, 6.07) is 14.9. The van der Waals surface area contributed by atoms with Gasteiger partial charge in [0, 0.05) is 13.5 Å². The molecule has 1 aliphatic rings. The Bertz CT molecular complexity index is 665. The minimum absolute atomic E-state index is 0.144. The zero-order chi connectivity index (χ0) is 15.5. The van der Waals surface area contributed by atoms with Crippen molar-refractivity contribution in [3.05, 3.63) is 71.0 Å². The molecule has 114 valence electrons. The highest BCUT2D eigenvalue weighted by Gasteiger charge is 2.27. The maximum atomic E-state index is 12.9. The van der Waals surface area contributed by atoms with Crippen LogP contribution < -0.4 is 0 Å². The van der Waals surface area contributed by atoms with Crippen molar-refractivity contribution in [1.82, 2.24) is 4.90 Å². The largest absolute Gasteiger partial charge is 0.339 e. The number of aryl methyl sites for hydroxylation is 2. The number of rotatable bonds is 4. The summed E-state index contributed by atoms with van der Waals surface area (Å²) >= 11 is 0. The van der Waals surface area contributed by atoms with Crippen LogP contribution in [-0.4, -0.2) is 17.9 Å². The first-order valence-electron chi connectivity index (χ1n) is 7.73. The highest BCUT2D eigenvalue weighted by Crippen LogP contribution is 2.35. The Morgan fingerprint density at radius 1 is 1.18 bits per heavy atom. The van der Waals surface area contributed by atoms with E-state index in [1.54, 1.807) is 12.1 Å². The Hall–Kier alpha value is -2.16. The number of nitrogens with zero attached hydrogens (tertiary/aromatic N) is 1. The molecule has 0 spiro atoms. The zero-order valence-corrected chi connectivity index (χ0v) is 12.8. The summed E-state index contributed by atoms with van der Waals surface area (Å²) < 4.78 is 12.9. The lowest BCUT2D eigenvalue weighted by molar-refractivity contribution is -0.132. The predicted molar refractivity (Wildman–Crippen MR) is 85.0 cm³/mol. The van der Waals surface area contributed by atoms with Gasteiger partial charge in [-0.15, -0.1) is 0 Å². The Morgan fingerprint density at radius 2 is 1.91 bits per heavy atom. The molecule has 0 aliphatic heterocycles. The minimum Gasteiger partial charge on any atom is -0.339 e. The highest BCUT2D eigenvalue weighted by atomic mass is 19.1. The molecule has 0 radical (unpaired) electrons. The summed E-state index contributed by atoms with van der Waals surface area (Å²) in [5.74, 6) is -0.0965. The molecule has 1 aliphatic carbocycles. The van der Waals surface area contributed by atoms with Crippen LogP contribution in [0.2, 0.25) is 0 Å². The van der Waals surface area contributed by atoms with Crippen molar-refractivity contribution in [2.24, 2.45) is 0 Å². The van der Waals surface area contributed by atoms with Crippen molar-refractivity contribution in [1.29, 1.82) is 0 Å². The maximum Gasteiger partial charge on any atom is 0.223 e. The molecule has 1 atom stereocenters. The molecule has 22 heavy (non-hydrogen) atoms. The van der Waals surface area contributed by atoms with Crippen molar-refractivity contribution in [3.63, 3.8) is 0 Å². The van der Waals surface area contributed by atoms with Gasteiger partial charge >= 0.3 is 0 Å². The molecule has 3 rings (SSSR count). The first-order valence-corrected chi connectivity index (χ1v) is 7.73. The summed E-state index contributed by atoms with van der Waals surface area (Å²) in [5, 5.41) is 0. The predicted octanol–water partition coefficient (Wildman–Crippen LogP) is 3.90. The van der Waals surface area contributed by atoms with Gasteiger partial charge < -0.3 is 4.90 Å². The molecular formula is C19H20FNO. The van der Waals surface area contributed by atoms with E-state index in [0.29, 0.717) is 12.8 Å². The third-order valence-corrected chi connectivity index (χ3v) is 4.50. The number of amides is 1. The molecule has 2 nitrogen and oxygen atoms in total. The third kappa shape index (κ3) is 3.03. The topological polar surface area (TPSA) is 20.3 Å².